The summed E-state index contributed by atoms with van der Waals surface area (Å²) in [6.07, 6.45) is 1.10. The molecule has 80 valence electrons. The van der Waals surface area contributed by atoms with Crippen LogP contribution < -0.4 is 10.6 Å². The number of amides is 2. The number of carbonyl (C=O) groups excluding carboxylic acids is 2. The lowest BCUT2D eigenvalue weighted by atomic mass is 10.1. The molecule has 2 atom stereocenters. The summed E-state index contributed by atoms with van der Waals surface area (Å²) in [6.45, 7) is 2.26. The van der Waals surface area contributed by atoms with Gasteiger partial charge in [0.2, 0.25) is 11.8 Å². The molecule has 1 rings (SSSR count). The van der Waals surface area contributed by atoms with Crippen LogP contribution in [0.4, 0.5) is 0 Å². The zero-order valence-corrected chi connectivity index (χ0v) is 8.25. The van der Waals surface area contributed by atoms with Crippen LogP contribution in [-0.4, -0.2) is 35.6 Å². The molecule has 0 aliphatic carbocycles. The molecule has 1 saturated heterocycles. The number of aliphatic hydroxyl groups is 1. The van der Waals surface area contributed by atoms with Crippen LogP contribution in [0.5, 0.6) is 0 Å². The zero-order chi connectivity index (χ0) is 10.6. The van der Waals surface area contributed by atoms with Crippen molar-refractivity contribution in [1.29, 1.82) is 0 Å². The van der Waals surface area contributed by atoms with E-state index in [2.05, 4.69) is 10.6 Å². The topological polar surface area (TPSA) is 78.4 Å². The van der Waals surface area contributed by atoms with E-state index >= 15 is 0 Å². The zero-order valence-electron chi connectivity index (χ0n) is 8.25. The molecule has 3 N–H and O–H groups in total. The van der Waals surface area contributed by atoms with E-state index in [1.165, 1.54) is 0 Å². The monoisotopic (exact) mass is 200 g/mol. The first kappa shape index (κ1) is 11.1. The SMILES string of the molecule is CCC(O)CNC1CCC(=O)NC1=O. The predicted octanol–water partition coefficient (Wildman–Crippen LogP) is -0.848. The van der Waals surface area contributed by atoms with Gasteiger partial charge in [0.25, 0.3) is 0 Å². The molecule has 14 heavy (non-hydrogen) atoms. The summed E-state index contributed by atoms with van der Waals surface area (Å²) in [5.41, 5.74) is 0. The molecule has 0 bridgehead atoms. The standard InChI is InChI=1S/C9H16N2O3/c1-2-6(12)5-10-7-3-4-8(13)11-9(7)14/h6-7,10,12H,2-5H2,1H3,(H,11,13,14). The molecule has 1 aliphatic heterocycles. The van der Waals surface area contributed by atoms with Gasteiger partial charge in [-0.15, -0.1) is 0 Å². The van der Waals surface area contributed by atoms with Crippen molar-refractivity contribution in [2.75, 3.05) is 6.54 Å². The Bertz CT molecular complexity index is 230. The average molecular weight is 200 g/mol. The molecule has 0 spiro atoms. The number of hydrogen-bond acceptors (Lipinski definition) is 4. The van der Waals surface area contributed by atoms with Crippen LogP contribution in [0.3, 0.4) is 0 Å². The average Bonchev–Trinajstić information content (AvgIpc) is 2.16. The number of piperidine rings is 1. The Morgan fingerprint density at radius 3 is 2.93 bits per heavy atom. The summed E-state index contributed by atoms with van der Waals surface area (Å²) in [6, 6.07) is -0.339. The van der Waals surface area contributed by atoms with Gasteiger partial charge in [-0.05, 0) is 12.8 Å². The Morgan fingerprint density at radius 1 is 1.64 bits per heavy atom. The molecule has 1 aliphatic rings. The molecule has 5 nitrogen and oxygen atoms in total. The predicted molar refractivity (Wildman–Crippen MR) is 50.5 cm³/mol. The van der Waals surface area contributed by atoms with Gasteiger partial charge in [-0.3, -0.25) is 14.9 Å². The molecule has 0 aromatic rings. The molecule has 1 heterocycles. The van der Waals surface area contributed by atoms with Gasteiger partial charge >= 0.3 is 0 Å². The third-order valence-corrected chi connectivity index (χ3v) is 2.31. The minimum absolute atomic E-state index is 0.218. The quantitative estimate of drug-likeness (QED) is 0.517. The molecule has 1 fully saturated rings. The van der Waals surface area contributed by atoms with Gasteiger partial charge in [0, 0.05) is 13.0 Å². The first-order valence-corrected chi connectivity index (χ1v) is 4.88. The third-order valence-electron chi connectivity index (χ3n) is 2.31. The fourth-order valence-electron chi connectivity index (χ4n) is 1.31. The number of carbonyl (C=O) groups is 2. The van der Waals surface area contributed by atoms with Crippen molar-refractivity contribution < 1.29 is 14.7 Å². The van der Waals surface area contributed by atoms with Crippen molar-refractivity contribution in [2.24, 2.45) is 0 Å². The first-order chi connectivity index (χ1) is 6.63. The minimum Gasteiger partial charge on any atom is -0.392 e. The number of nitrogens with one attached hydrogen (secondary N) is 2. The molecule has 0 radical (unpaired) electrons. The summed E-state index contributed by atoms with van der Waals surface area (Å²) in [7, 11) is 0. The Balaban J connectivity index is 2.31. The third kappa shape index (κ3) is 3.08. The highest BCUT2D eigenvalue weighted by atomic mass is 16.3. The van der Waals surface area contributed by atoms with Gasteiger partial charge in [0.1, 0.15) is 0 Å². The van der Waals surface area contributed by atoms with Crippen LogP contribution >= 0.6 is 0 Å². The van der Waals surface area contributed by atoms with Crippen LogP contribution in [-0.2, 0) is 9.59 Å². The van der Waals surface area contributed by atoms with Gasteiger partial charge in [-0.2, -0.15) is 0 Å². The summed E-state index contributed by atoms with van der Waals surface area (Å²) < 4.78 is 0. The van der Waals surface area contributed by atoms with E-state index < -0.39 is 6.10 Å². The van der Waals surface area contributed by atoms with Crippen LogP contribution in [0, 0.1) is 0 Å². The van der Waals surface area contributed by atoms with Crippen LogP contribution in [0.2, 0.25) is 0 Å². The van der Waals surface area contributed by atoms with E-state index in [-0.39, 0.29) is 17.9 Å². The second kappa shape index (κ2) is 5.07. The first-order valence-electron chi connectivity index (χ1n) is 4.88. The maximum atomic E-state index is 11.2. The van der Waals surface area contributed by atoms with Crippen molar-refractivity contribution in [1.82, 2.24) is 10.6 Å². The Hall–Kier alpha value is -0.940. The number of imide groups is 1. The number of aliphatic hydroxyl groups excluding tert-OH is 1. The lowest BCUT2D eigenvalue weighted by Gasteiger charge is -2.22. The Labute approximate surface area is 82.9 Å². The summed E-state index contributed by atoms with van der Waals surface area (Å²) in [4.78, 5) is 22.0. The van der Waals surface area contributed by atoms with Crippen molar-refractivity contribution in [3.8, 4) is 0 Å². The largest absolute Gasteiger partial charge is 0.392 e. The van der Waals surface area contributed by atoms with E-state index in [4.69, 9.17) is 0 Å². The summed E-state index contributed by atoms with van der Waals surface area (Å²) >= 11 is 0. The Morgan fingerprint density at radius 2 is 2.36 bits per heavy atom. The van der Waals surface area contributed by atoms with Crippen LogP contribution in [0.1, 0.15) is 26.2 Å². The van der Waals surface area contributed by atoms with E-state index in [1.807, 2.05) is 6.92 Å². The molecule has 2 amide bonds. The van der Waals surface area contributed by atoms with E-state index in [9.17, 15) is 14.7 Å². The second-order valence-electron chi connectivity index (χ2n) is 3.47. The molecule has 5 heteroatoms. The maximum absolute atomic E-state index is 11.2. The fourth-order valence-corrected chi connectivity index (χ4v) is 1.31. The van der Waals surface area contributed by atoms with Gasteiger partial charge < -0.3 is 10.4 Å². The molecule has 0 saturated carbocycles. The number of rotatable bonds is 4. The lowest BCUT2D eigenvalue weighted by Crippen LogP contribution is -2.52. The maximum Gasteiger partial charge on any atom is 0.243 e. The smallest absolute Gasteiger partial charge is 0.243 e. The van der Waals surface area contributed by atoms with Gasteiger partial charge in [-0.25, -0.2) is 0 Å². The molecule has 0 aromatic heterocycles. The highest BCUT2D eigenvalue weighted by Gasteiger charge is 2.26. The fraction of sp³-hybridized carbons (Fsp3) is 0.778. The molecular formula is C9H16N2O3. The minimum atomic E-state index is -0.430. The highest BCUT2D eigenvalue weighted by molar-refractivity contribution is 6.00. The van der Waals surface area contributed by atoms with Crippen LogP contribution in [0.25, 0.3) is 0 Å². The lowest BCUT2D eigenvalue weighted by molar-refractivity contribution is -0.134. The van der Waals surface area contributed by atoms with Gasteiger partial charge in [0.05, 0.1) is 12.1 Å². The number of hydrogen-bond donors (Lipinski definition) is 3. The van der Waals surface area contributed by atoms with Crippen molar-refractivity contribution in [3.05, 3.63) is 0 Å². The van der Waals surface area contributed by atoms with Crippen molar-refractivity contribution in [3.63, 3.8) is 0 Å². The van der Waals surface area contributed by atoms with Crippen molar-refractivity contribution >= 4 is 11.8 Å². The Kier molecular flexibility index (Phi) is 4.03. The second-order valence-corrected chi connectivity index (χ2v) is 3.47. The molecule has 0 aromatic carbocycles. The van der Waals surface area contributed by atoms with Crippen molar-refractivity contribution in [2.45, 2.75) is 38.3 Å². The summed E-state index contributed by atoms with van der Waals surface area (Å²) in [5, 5.41) is 14.4. The summed E-state index contributed by atoms with van der Waals surface area (Å²) in [5.74, 6) is -0.506. The van der Waals surface area contributed by atoms with E-state index in [1.54, 1.807) is 0 Å². The molecule has 2 unspecified atom stereocenters. The van der Waals surface area contributed by atoms with E-state index in [0.717, 1.165) is 0 Å². The van der Waals surface area contributed by atoms with Crippen LogP contribution in [0.15, 0.2) is 0 Å². The van der Waals surface area contributed by atoms with Gasteiger partial charge in [0.15, 0.2) is 0 Å². The highest BCUT2D eigenvalue weighted by Crippen LogP contribution is 2.04. The van der Waals surface area contributed by atoms with E-state index in [0.29, 0.717) is 25.8 Å². The van der Waals surface area contributed by atoms with Gasteiger partial charge in [-0.1, -0.05) is 6.92 Å². The molecular weight excluding hydrogens is 184 g/mol. The normalized spacial score (nSPS) is 24.6.